The van der Waals surface area contributed by atoms with Gasteiger partial charge in [-0.2, -0.15) is 0 Å². The van der Waals surface area contributed by atoms with Crippen molar-refractivity contribution >= 4 is 5.91 Å². The van der Waals surface area contributed by atoms with Gasteiger partial charge < -0.3 is 9.64 Å². The smallest absolute Gasteiger partial charge is 0.222 e. The second kappa shape index (κ2) is 11.1. The van der Waals surface area contributed by atoms with E-state index in [4.69, 9.17) is 4.74 Å². The third kappa shape index (κ3) is 6.43. The standard InChI is InChI=1S/C27H32N2O2/c30-27(29-18-20-31-21-19-29)13-11-24-14-16-28(17-15-24)22-26-9-5-4-8-25(26)12-10-23-6-2-1-3-7-23/h1-9,24H,11,13-22H2. The molecule has 0 atom stereocenters. The Hall–Kier alpha value is -2.61. The molecule has 0 bridgehead atoms. The van der Waals surface area contributed by atoms with Crippen LogP contribution in [0.3, 0.4) is 0 Å². The molecule has 2 aliphatic rings. The summed E-state index contributed by atoms with van der Waals surface area (Å²) in [5, 5.41) is 0. The molecule has 0 unspecified atom stereocenters. The fourth-order valence-corrected chi connectivity index (χ4v) is 4.41. The van der Waals surface area contributed by atoms with E-state index in [1.54, 1.807) is 0 Å². The zero-order valence-electron chi connectivity index (χ0n) is 18.3. The lowest BCUT2D eigenvalue weighted by atomic mass is 9.91. The molecular formula is C27H32N2O2. The minimum absolute atomic E-state index is 0.302. The minimum Gasteiger partial charge on any atom is -0.378 e. The van der Waals surface area contributed by atoms with Gasteiger partial charge in [0.1, 0.15) is 0 Å². The first kappa shape index (κ1) is 21.6. The largest absolute Gasteiger partial charge is 0.378 e. The van der Waals surface area contributed by atoms with Crippen molar-refractivity contribution in [2.75, 3.05) is 39.4 Å². The van der Waals surface area contributed by atoms with E-state index in [1.807, 2.05) is 35.2 Å². The van der Waals surface area contributed by atoms with Crippen LogP contribution in [0, 0.1) is 17.8 Å². The molecule has 2 aliphatic heterocycles. The Balaban J connectivity index is 1.26. The van der Waals surface area contributed by atoms with Crippen LogP contribution in [0.5, 0.6) is 0 Å². The Bertz CT molecular complexity index is 902. The summed E-state index contributed by atoms with van der Waals surface area (Å²) >= 11 is 0. The van der Waals surface area contributed by atoms with Crippen LogP contribution in [-0.2, 0) is 16.1 Å². The molecule has 2 fully saturated rings. The zero-order chi connectivity index (χ0) is 21.3. The van der Waals surface area contributed by atoms with E-state index >= 15 is 0 Å². The summed E-state index contributed by atoms with van der Waals surface area (Å²) in [5.74, 6) is 7.62. The van der Waals surface area contributed by atoms with E-state index in [0.717, 1.165) is 50.3 Å². The van der Waals surface area contributed by atoms with Crippen LogP contribution in [0.15, 0.2) is 54.6 Å². The number of rotatable bonds is 5. The average molecular weight is 417 g/mol. The number of hydrogen-bond acceptors (Lipinski definition) is 3. The lowest BCUT2D eigenvalue weighted by Gasteiger charge is -2.33. The normalized spacial score (nSPS) is 17.7. The minimum atomic E-state index is 0.302. The van der Waals surface area contributed by atoms with Gasteiger partial charge in [-0.3, -0.25) is 9.69 Å². The molecule has 0 saturated carbocycles. The third-order valence-electron chi connectivity index (χ3n) is 6.36. The molecular weight excluding hydrogens is 384 g/mol. The van der Waals surface area contributed by atoms with Gasteiger partial charge in [-0.05, 0) is 62.0 Å². The van der Waals surface area contributed by atoms with Gasteiger partial charge in [-0.25, -0.2) is 0 Å². The van der Waals surface area contributed by atoms with Gasteiger partial charge in [0.05, 0.1) is 13.2 Å². The summed E-state index contributed by atoms with van der Waals surface area (Å²) in [6, 6.07) is 18.6. The number of morpholine rings is 1. The van der Waals surface area contributed by atoms with Crippen molar-refractivity contribution in [3.05, 3.63) is 71.3 Å². The molecule has 31 heavy (non-hydrogen) atoms. The quantitative estimate of drug-likeness (QED) is 0.692. The average Bonchev–Trinajstić information content (AvgIpc) is 2.84. The van der Waals surface area contributed by atoms with Crippen molar-refractivity contribution in [1.82, 2.24) is 9.80 Å². The summed E-state index contributed by atoms with van der Waals surface area (Å²) < 4.78 is 5.34. The Morgan fingerprint density at radius 3 is 2.39 bits per heavy atom. The Labute approximate surface area is 186 Å². The van der Waals surface area contributed by atoms with Gasteiger partial charge in [0.2, 0.25) is 5.91 Å². The molecule has 0 N–H and O–H groups in total. The maximum Gasteiger partial charge on any atom is 0.222 e. The lowest BCUT2D eigenvalue weighted by molar-refractivity contribution is -0.135. The third-order valence-corrected chi connectivity index (χ3v) is 6.36. The molecule has 2 aromatic carbocycles. The van der Waals surface area contributed by atoms with E-state index < -0.39 is 0 Å². The van der Waals surface area contributed by atoms with E-state index in [9.17, 15) is 4.79 Å². The number of piperidine rings is 1. The lowest BCUT2D eigenvalue weighted by Crippen LogP contribution is -2.41. The molecule has 2 heterocycles. The summed E-state index contributed by atoms with van der Waals surface area (Å²) in [6.07, 6.45) is 4.05. The molecule has 2 aromatic rings. The summed E-state index contributed by atoms with van der Waals surface area (Å²) in [6.45, 7) is 6.00. The molecule has 0 aliphatic carbocycles. The van der Waals surface area contributed by atoms with Crippen LogP contribution >= 0.6 is 0 Å². The second-order valence-corrected chi connectivity index (χ2v) is 8.52. The van der Waals surface area contributed by atoms with E-state index in [0.29, 0.717) is 31.5 Å². The van der Waals surface area contributed by atoms with Gasteiger partial charge in [-0.15, -0.1) is 0 Å². The van der Waals surface area contributed by atoms with Crippen molar-refractivity contribution in [3.8, 4) is 11.8 Å². The fourth-order valence-electron chi connectivity index (χ4n) is 4.41. The number of ether oxygens (including phenoxy) is 1. The van der Waals surface area contributed by atoms with Crippen LogP contribution < -0.4 is 0 Å². The zero-order valence-corrected chi connectivity index (χ0v) is 18.3. The summed E-state index contributed by atoms with van der Waals surface area (Å²) in [5.41, 5.74) is 3.46. The second-order valence-electron chi connectivity index (χ2n) is 8.52. The van der Waals surface area contributed by atoms with Crippen LogP contribution in [0.4, 0.5) is 0 Å². The monoisotopic (exact) mass is 416 g/mol. The molecule has 0 spiro atoms. The number of hydrogen-bond donors (Lipinski definition) is 0. The maximum atomic E-state index is 12.4. The van der Waals surface area contributed by atoms with Gasteiger partial charge in [-0.1, -0.05) is 48.2 Å². The SMILES string of the molecule is O=C(CCC1CCN(Cc2ccccc2C#Cc2ccccc2)CC1)N1CCOCC1. The molecule has 4 heteroatoms. The first-order valence-corrected chi connectivity index (χ1v) is 11.5. The molecule has 0 radical (unpaired) electrons. The van der Waals surface area contributed by atoms with Gasteiger partial charge >= 0.3 is 0 Å². The first-order valence-electron chi connectivity index (χ1n) is 11.5. The van der Waals surface area contributed by atoms with Crippen molar-refractivity contribution < 1.29 is 9.53 Å². The van der Waals surface area contributed by atoms with Crippen LogP contribution in [0.25, 0.3) is 0 Å². The van der Waals surface area contributed by atoms with Gasteiger partial charge in [0, 0.05) is 37.2 Å². The number of carbonyl (C=O) groups excluding carboxylic acids is 1. The first-order chi connectivity index (χ1) is 15.3. The topological polar surface area (TPSA) is 32.8 Å². The highest BCUT2D eigenvalue weighted by molar-refractivity contribution is 5.76. The van der Waals surface area contributed by atoms with E-state index in [2.05, 4.69) is 41.0 Å². The van der Waals surface area contributed by atoms with E-state index in [-0.39, 0.29) is 0 Å². The van der Waals surface area contributed by atoms with Gasteiger partial charge in [0.25, 0.3) is 0 Å². The van der Waals surface area contributed by atoms with Crippen LogP contribution in [0.1, 0.15) is 42.4 Å². The predicted octanol–water partition coefficient (Wildman–Crippen LogP) is 3.94. The van der Waals surface area contributed by atoms with Crippen molar-refractivity contribution in [1.29, 1.82) is 0 Å². The number of benzene rings is 2. The molecule has 2 saturated heterocycles. The highest BCUT2D eigenvalue weighted by atomic mass is 16.5. The Morgan fingerprint density at radius 2 is 1.61 bits per heavy atom. The molecule has 1 amide bonds. The number of amides is 1. The molecule has 0 aromatic heterocycles. The molecule has 4 nitrogen and oxygen atoms in total. The summed E-state index contributed by atoms with van der Waals surface area (Å²) in [7, 11) is 0. The number of carbonyl (C=O) groups is 1. The highest BCUT2D eigenvalue weighted by Crippen LogP contribution is 2.24. The maximum absolute atomic E-state index is 12.4. The Kier molecular flexibility index (Phi) is 7.76. The van der Waals surface area contributed by atoms with Crippen molar-refractivity contribution in [3.63, 3.8) is 0 Å². The fraction of sp³-hybridized carbons (Fsp3) is 0.444. The number of likely N-dealkylation sites (tertiary alicyclic amines) is 1. The highest BCUT2D eigenvalue weighted by Gasteiger charge is 2.22. The van der Waals surface area contributed by atoms with Crippen LogP contribution in [-0.4, -0.2) is 55.1 Å². The van der Waals surface area contributed by atoms with Crippen LogP contribution in [0.2, 0.25) is 0 Å². The van der Waals surface area contributed by atoms with Crippen molar-refractivity contribution in [2.24, 2.45) is 5.92 Å². The summed E-state index contributed by atoms with van der Waals surface area (Å²) in [4.78, 5) is 16.9. The Morgan fingerprint density at radius 1 is 0.903 bits per heavy atom. The van der Waals surface area contributed by atoms with Crippen molar-refractivity contribution in [2.45, 2.75) is 32.2 Å². The van der Waals surface area contributed by atoms with Gasteiger partial charge in [0.15, 0.2) is 0 Å². The van der Waals surface area contributed by atoms with E-state index in [1.165, 1.54) is 18.4 Å². The molecule has 162 valence electrons. The predicted molar refractivity (Wildman–Crippen MR) is 123 cm³/mol. The number of nitrogens with zero attached hydrogens (tertiary/aromatic N) is 2. The molecule has 4 rings (SSSR count).